The Kier molecular flexibility index (Phi) is 6.76. The van der Waals surface area contributed by atoms with Gasteiger partial charge in [0.15, 0.2) is 5.82 Å². The summed E-state index contributed by atoms with van der Waals surface area (Å²) in [6.07, 6.45) is 8.96. The fourth-order valence-electron chi connectivity index (χ4n) is 7.94. The van der Waals surface area contributed by atoms with Gasteiger partial charge in [0.2, 0.25) is 0 Å². The van der Waals surface area contributed by atoms with E-state index in [1.807, 2.05) is 0 Å². The molecule has 1 N–H and O–H groups in total. The molecule has 1 unspecified atom stereocenters. The highest BCUT2D eigenvalue weighted by Gasteiger charge is 2.49. The second-order valence-corrected chi connectivity index (χ2v) is 12.6. The molecule has 232 valence electrons. The number of rotatable bonds is 4. The average Bonchev–Trinajstić information content (AvgIpc) is 3.38. The van der Waals surface area contributed by atoms with Gasteiger partial charge in [-0.1, -0.05) is 12.0 Å². The number of pyridine rings is 1. The summed E-state index contributed by atoms with van der Waals surface area (Å²) in [5, 5.41) is 11.8. The Morgan fingerprint density at radius 3 is 2.87 bits per heavy atom. The highest BCUT2D eigenvalue weighted by atomic mass is 19.1. The Labute approximate surface area is 258 Å². The van der Waals surface area contributed by atoms with Gasteiger partial charge >= 0.3 is 6.01 Å². The van der Waals surface area contributed by atoms with Gasteiger partial charge in [-0.3, -0.25) is 4.90 Å². The Bertz CT molecular complexity index is 1900. The van der Waals surface area contributed by atoms with E-state index in [0.29, 0.717) is 61.4 Å². The topological polar surface area (TPSA) is 83.8 Å². The minimum Gasteiger partial charge on any atom is -0.508 e. The third-order valence-electron chi connectivity index (χ3n) is 10.0. The largest absolute Gasteiger partial charge is 0.508 e. The predicted molar refractivity (Wildman–Crippen MR) is 163 cm³/mol. The zero-order chi connectivity index (χ0) is 30.9. The first-order chi connectivity index (χ1) is 21.8. The van der Waals surface area contributed by atoms with Gasteiger partial charge in [-0.2, -0.15) is 9.97 Å². The maximum absolute atomic E-state index is 17.0. The zero-order valence-electron chi connectivity index (χ0n) is 24.7. The molecule has 4 aliphatic heterocycles. The normalized spacial score (nSPS) is 24.7. The molecule has 6 heterocycles. The number of terminal acetylenes is 1. The summed E-state index contributed by atoms with van der Waals surface area (Å²) >= 11 is 0. The quantitative estimate of drug-likeness (QED) is 0.310. The van der Waals surface area contributed by atoms with Crippen LogP contribution in [0.3, 0.4) is 0 Å². The summed E-state index contributed by atoms with van der Waals surface area (Å²) in [5.74, 6) is 1.41. The van der Waals surface area contributed by atoms with Crippen molar-refractivity contribution in [2.75, 3.05) is 44.4 Å². The van der Waals surface area contributed by atoms with Gasteiger partial charge in [0.1, 0.15) is 41.4 Å². The molecule has 2 aromatic carbocycles. The van der Waals surface area contributed by atoms with Crippen LogP contribution in [0, 0.1) is 24.0 Å². The number of aromatic hydroxyl groups is 1. The maximum atomic E-state index is 17.0. The molecular weight excluding hydrogens is 583 g/mol. The molecular formula is C34H32F3N5O3. The molecule has 3 saturated heterocycles. The van der Waals surface area contributed by atoms with Crippen LogP contribution in [0.4, 0.5) is 19.0 Å². The molecule has 0 radical (unpaired) electrons. The second-order valence-electron chi connectivity index (χ2n) is 12.6. The van der Waals surface area contributed by atoms with Gasteiger partial charge in [-0.15, -0.1) is 6.42 Å². The first-order valence-corrected chi connectivity index (χ1v) is 15.5. The Morgan fingerprint density at radius 1 is 1.11 bits per heavy atom. The lowest BCUT2D eigenvalue weighted by molar-refractivity contribution is 0.107. The van der Waals surface area contributed by atoms with Crippen LogP contribution in [0.5, 0.6) is 11.8 Å². The summed E-state index contributed by atoms with van der Waals surface area (Å²) in [5.41, 5.74) is 0.221. The highest BCUT2D eigenvalue weighted by molar-refractivity contribution is 6.03. The zero-order valence-corrected chi connectivity index (χ0v) is 24.7. The molecule has 3 fully saturated rings. The molecule has 0 bridgehead atoms. The van der Waals surface area contributed by atoms with Crippen molar-refractivity contribution in [3.8, 4) is 35.4 Å². The highest BCUT2D eigenvalue weighted by Crippen LogP contribution is 2.43. The fourth-order valence-corrected chi connectivity index (χ4v) is 7.94. The van der Waals surface area contributed by atoms with E-state index in [-0.39, 0.29) is 52.1 Å². The smallest absolute Gasteiger partial charge is 0.319 e. The van der Waals surface area contributed by atoms with Gasteiger partial charge in [-0.25, -0.2) is 18.2 Å². The molecule has 11 heteroatoms. The number of benzene rings is 2. The van der Waals surface area contributed by atoms with E-state index < -0.39 is 23.3 Å². The molecule has 8 rings (SSSR count). The Morgan fingerprint density at radius 2 is 2.00 bits per heavy atom. The second kappa shape index (κ2) is 10.7. The van der Waals surface area contributed by atoms with E-state index in [4.69, 9.17) is 25.9 Å². The molecule has 0 saturated carbocycles. The van der Waals surface area contributed by atoms with Crippen molar-refractivity contribution in [3.63, 3.8) is 0 Å². The first-order valence-electron chi connectivity index (χ1n) is 15.5. The maximum Gasteiger partial charge on any atom is 0.319 e. The Balaban J connectivity index is 1.33. The van der Waals surface area contributed by atoms with Crippen molar-refractivity contribution in [1.29, 1.82) is 0 Å². The van der Waals surface area contributed by atoms with Gasteiger partial charge in [0.05, 0.1) is 28.8 Å². The summed E-state index contributed by atoms with van der Waals surface area (Å²) in [4.78, 5) is 18.6. The number of aromatic nitrogens is 3. The number of alkyl halides is 1. The number of phenolic OH excluding ortho intramolecular Hbond substituents is 1. The lowest BCUT2D eigenvalue weighted by Gasteiger charge is -2.31. The van der Waals surface area contributed by atoms with Crippen molar-refractivity contribution in [3.05, 3.63) is 47.2 Å². The predicted octanol–water partition coefficient (Wildman–Crippen LogP) is 5.31. The lowest BCUT2D eigenvalue weighted by atomic mass is 9.95. The first kappa shape index (κ1) is 28.3. The SMILES string of the molecule is C#Cc1c(F)ccc2cc(O)cc(-c3nc4c5c(nc(OC[C@@]67CCCN6C[C@H](F)C7)nc5c3F)N3CCOCCC3CC4)c12. The molecule has 2 aromatic heterocycles. The molecule has 3 atom stereocenters. The molecule has 0 amide bonds. The number of hydrogen-bond acceptors (Lipinski definition) is 8. The molecule has 45 heavy (non-hydrogen) atoms. The molecule has 0 aliphatic carbocycles. The van der Waals surface area contributed by atoms with Crippen molar-refractivity contribution in [2.45, 2.75) is 56.3 Å². The van der Waals surface area contributed by atoms with Crippen LogP contribution in [-0.2, 0) is 11.2 Å². The average molecular weight is 616 g/mol. The third kappa shape index (κ3) is 4.57. The number of halogens is 3. The van der Waals surface area contributed by atoms with Gasteiger partial charge in [0.25, 0.3) is 0 Å². The number of fused-ring (bicyclic) bond motifs is 4. The third-order valence-corrected chi connectivity index (χ3v) is 10.0. The number of anilines is 1. The van der Waals surface area contributed by atoms with E-state index in [1.165, 1.54) is 24.3 Å². The van der Waals surface area contributed by atoms with Crippen LogP contribution in [0.25, 0.3) is 32.9 Å². The molecule has 0 spiro atoms. The standard InChI is InChI=1S/C34H32F3N5O3/c1-2-23-25(36)6-4-19-14-22(43)15-24(27(19)23)30-29(37)31-28-26(38-30)7-5-21-8-12-44-13-11-42(21)32(28)40-33(39-31)45-18-34-9-3-10-41(34)17-20(35)16-34/h1,4,6,14-15,20-21,43H,3,5,7-13,16-18H2/t20-,21?,34+/m1/s1. The van der Waals surface area contributed by atoms with Crippen LogP contribution in [0.2, 0.25) is 0 Å². The van der Waals surface area contributed by atoms with Crippen molar-refractivity contribution in [1.82, 2.24) is 19.9 Å². The van der Waals surface area contributed by atoms with E-state index in [9.17, 15) is 13.9 Å². The van der Waals surface area contributed by atoms with Crippen molar-refractivity contribution < 1.29 is 27.8 Å². The van der Waals surface area contributed by atoms with Crippen LogP contribution in [0.15, 0.2) is 24.3 Å². The van der Waals surface area contributed by atoms with Crippen LogP contribution in [0.1, 0.15) is 43.4 Å². The van der Waals surface area contributed by atoms with E-state index >= 15 is 4.39 Å². The van der Waals surface area contributed by atoms with Crippen LogP contribution >= 0.6 is 0 Å². The van der Waals surface area contributed by atoms with Crippen LogP contribution in [-0.4, -0.2) is 82.2 Å². The number of ether oxygens (including phenoxy) is 2. The lowest BCUT2D eigenvalue weighted by Crippen LogP contribution is -2.43. The summed E-state index contributed by atoms with van der Waals surface area (Å²) in [6.45, 7) is 3.04. The molecule has 4 aromatic rings. The monoisotopic (exact) mass is 615 g/mol. The minimum atomic E-state index is -0.919. The fraction of sp³-hybridized carbons (Fsp3) is 0.441. The number of aryl methyl sites for hydroxylation is 1. The van der Waals surface area contributed by atoms with Crippen molar-refractivity contribution >= 4 is 27.5 Å². The molecule has 4 aliphatic rings. The minimum absolute atomic E-state index is 0.00461. The Hall–Kier alpha value is -4.14. The molecule has 8 nitrogen and oxygen atoms in total. The summed E-state index contributed by atoms with van der Waals surface area (Å²) < 4.78 is 58.4. The van der Waals surface area contributed by atoms with Crippen LogP contribution < -0.4 is 9.64 Å². The van der Waals surface area contributed by atoms with E-state index in [0.717, 1.165) is 32.2 Å². The van der Waals surface area contributed by atoms with Gasteiger partial charge < -0.3 is 19.5 Å². The number of hydrogen-bond donors (Lipinski definition) is 1. The van der Waals surface area contributed by atoms with Gasteiger partial charge in [-0.05, 0) is 62.2 Å². The summed E-state index contributed by atoms with van der Waals surface area (Å²) in [6, 6.07) is 5.62. The van der Waals surface area contributed by atoms with Crippen molar-refractivity contribution in [2.24, 2.45) is 0 Å². The van der Waals surface area contributed by atoms with E-state index in [2.05, 4.69) is 20.7 Å². The van der Waals surface area contributed by atoms with E-state index in [1.54, 1.807) is 0 Å². The number of phenols is 1. The summed E-state index contributed by atoms with van der Waals surface area (Å²) in [7, 11) is 0. The number of nitrogens with zero attached hydrogens (tertiary/aromatic N) is 5. The van der Waals surface area contributed by atoms with Gasteiger partial charge in [0, 0.05) is 43.1 Å².